The number of hydrogen-bond donors (Lipinski definition) is 2. The first-order chi connectivity index (χ1) is 9.61. The average molecular weight is 290 g/mol. The summed E-state index contributed by atoms with van der Waals surface area (Å²) in [7, 11) is 0. The van der Waals surface area contributed by atoms with E-state index < -0.39 is 5.91 Å². The molecule has 20 heavy (non-hydrogen) atoms. The number of aromatic nitrogens is 2. The van der Waals surface area contributed by atoms with E-state index in [-0.39, 0.29) is 6.42 Å². The number of amides is 1. The monoisotopic (exact) mass is 289 g/mol. The highest BCUT2D eigenvalue weighted by molar-refractivity contribution is 6.35. The highest BCUT2D eigenvalue weighted by Crippen LogP contribution is 2.27. The summed E-state index contributed by atoms with van der Waals surface area (Å²) in [6.07, 6.45) is 1.90. The summed E-state index contributed by atoms with van der Waals surface area (Å²) in [5.74, 6) is -0.471. The van der Waals surface area contributed by atoms with Gasteiger partial charge in [-0.25, -0.2) is 10.5 Å². The maximum Gasteiger partial charge on any atom is 0.249 e. The molecule has 0 saturated carbocycles. The van der Waals surface area contributed by atoms with Gasteiger partial charge in [-0.15, -0.1) is 0 Å². The van der Waals surface area contributed by atoms with E-state index in [0.29, 0.717) is 5.02 Å². The van der Waals surface area contributed by atoms with E-state index in [9.17, 15) is 4.79 Å². The van der Waals surface area contributed by atoms with E-state index in [0.717, 1.165) is 27.8 Å². The third-order valence-electron chi connectivity index (χ3n) is 3.35. The molecule has 2 aromatic heterocycles. The fourth-order valence-electron chi connectivity index (χ4n) is 2.39. The minimum Gasteiger partial charge on any atom is -0.303 e. The number of carbonyl (C=O) groups excluding carboxylic acids is 1. The number of fused-ring (bicyclic) bond motifs is 3. The molecule has 0 aliphatic heterocycles. The van der Waals surface area contributed by atoms with Gasteiger partial charge in [0.1, 0.15) is 5.65 Å². The van der Waals surface area contributed by atoms with E-state index in [1.165, 1.54) is 0 Å². The summed E-state index contributed by atoms with van der Waals surface area (Å²) in [5.41, 5.74) is 3.89. The molecule has 102 valence electrons. The van der Waals surface area contributed by atoms with Gasteiger partial charge in [-0.1, -0.05) is 23.7 Å². The molecule has 0 spiro atoms. The summed E-state index contributed by atoms with van der Waals surface area (Å²) in [5, 5.41) is 11.2. The van der Waals surface area contributed by atoms with Crippen molar-refractivity contribution in [1.29, 1.82) is 0 Å². The Labute approximate surface area is 119 Å². The number of pyridine rings is 1. The Morgan fingerprint density at radius 3 is 2.95 bits per heavy atom. The number of hydroxylamine groups is 1. The molecule has 0 unspecified atom stereocenters. The normalized spacial score (nSPS) is 11.2. The molecule has 2 N–H and O–H groups in total. The molecule has 0 atom stereocenters. The van der Waals surface area contributed by atoms with Crippen LogP contribution in [0.5, 0.6) is 0 Å². The van der Waals surface area contributed by atoms with E-state index >= 15 is 0 Å². The average Bonchev–Trinajstić information content (AvgIpc) is 2.76. The summed E-state index contributed by atoms with van der Waals surface area (Å²) >= 11 is 6.18. The van der Waals surface area contributed by atoms with Crippen molar-refractivity contribution in [2.24, 2.45) is 0 Å². The molecule has 3 rings (SSSR count). The van der Waals surface area contributed by atoms with Crippen LogP contribution in [-0.2, 0) is 11.2 Å². The van der Waals surface area contributed by atoms with Gasteiger partial charge in [0.2, 0.25) is 5.91 Å². The molecule has 6 heteroatoms. The molecule has 0 fully saturated rings. The van der Waals surface area contributed by atoms with Crippen molar-refractivity contribution >= 4 is 33.9 Å². The standard InChI is InChI=1S/C14H12ClN3O2/c1-8-12(7-13(19)17-20)18-6-5-9-10(14(18)16-8)3-2-4-11(9)15/h2-6,20H,7H2,1H3,(H,17,19). The topological polar surface area (TPSA) is 66.6 Å². The Hall–Kier alpha value is -2.11. The maximum absolute atomic E-state index is 11.4. The van der Waals surface area contributed by atoms with Crippen LogP contribution in [0, 0.1) is 6.92 Å². The van der Waals surface area contributed by atoms with Crippen molar-refractivity contribution < 1.29 is 10.0 Å². The van der Waals surface area contributed by atoms with Crippen LogP contribution in [0.4, 0.5) is 0 Å². The first-order valence-electron chi connectivity index (χ1n) is 6.09. The molecule has 5 nitrogen and oxygen atoms in total. The number of nitrogens with zero attached hydrogens (tertiary/aromatic N) is 2. The highest BCUT2D eigenvalue weighted by Gasteiger charge is 2.14. The first kappa shape index (κ1) is 12.9. The van der Waals surface area contributed by atoms with Gasteiger partial charge in [0, 0.05) is 22.0 Å². The van der Waals surface area contributed by atoms with Crippen molar-refractivity contribution in [2.75, 3.05) is 0 Å². The second-order valence-corrected chi connectivity index (χ2v) is 4.97. The molecule has 3 aromatic rings. The SMILES string of the molecule is Cc1nc2c3cccc(Cl)c3ccn2c1CC(=O)NO. The maximum atomic E-state index is 11.4. The first-order valence-corrected chi connectivity index (χ1v) is 6.47. The molecular formula is C14H12ClN3O2. The van der Waals surface area contributed by atoms with Crippen LogP contribution in [0.2, 0.25) is 5.02 Å². The fourth-order valence-corrected chi connectivity index (χ4v) is 2.62. The zero-order valence-electron chi connectivity index (χ0n) is 10.7. The number of rotatable bonds is 2. The van der Waals surface area contributed by atoms with Gasteiger partial charge in [-0.05, 0) is 19.1 Å². The van der Waals surface area contributed by atoms with Crippen molar-refractivity contribution in [3.05, 3.63) is 46.9 Å². The van der Waals surface area contributed by atoms with Crippen LogP contribution in [-0.4, -0.2) is 20.5 Å². The number of halogens is 1. The highest BCUT2D eigenvalue weighted by atomic mass is 35.5. The predicted molar refractivity (Wildman–Crippen MR) is 76.1 cm³/mol. The van der Waals surface area contributed by atoms with Gasteiger partial charge >= 0.3 is 0 Å². The minimum atomic E-state index is -0.471. The van der Waals surface area contributed by atoms with Crippen molar-refractivity contribution in [2.45, 2.75) is 13.3 Å². The third-order valence-corrected chi connectivity index (χ3v) is 3.68. The Morgan fingerprint density at radius 1 is 1.40 bits per heavy atom. The lowest BCUT2D eigenvalue weighted by molar-refractivity contribution is -0.128. The molecule has 2 heterocycles. The van der Waals surface area contributed by atoms with Crippen LogP contribution in [0.25, 0.3) is 16.4 Å². The Morgan fingerprint density at radius 2 is 2.20 bits per heavy atom. The molecule has 0 aliphatic rings. The van der Waals surface area contributed by atoms with Crippen LogP contribution in [0.1, 0.15) is 11.4 Å². The van der Waals surface area contributed by atoms with E-state index in [2.05, 4.69) is 4.98 Å². The number of hydrogen-bond acceptors (Lipinski definition) is 3. The lowest BCUT2D eigenvalue weighted by atomic mass is 10.1. The lowest BCUT2D eigenvalue weighted by Crippen LogP contribution is -2.21. The zero-order valence-corrected chi connectivity index (χ0v) is 11.5. The lowest BCUT2D eigenvalue weighted by Gasteiger charge is -2.05. The molecule has 0 aliphatic carbocycles. The second kappa shape index (κ2) is 4.77. The minimum absolute atomic E-state index is 0.0651. The van der Waals surface area contributed by atoms with Gasteiger partial charge < -0.3 is 4.40 Å². The Bertz CT molecular complexity index is 826. The second-order valence-electron chi connectivity index (χ2n) is 4.57. The number of carbonyl (C=O) groups is 1. The number of nitrogens with one attached hydrogen (secondary N) is 1. The molecule has 1 amide bonds. The Kier molecular flexibility index (Phi) is 3.08. The van der Waals surface area contributed by atoms with Crippen molar-refractivity contribution in [1.82, 2.24) is 14.9 Å². The third kappa shape index (κ3) is 1.92. The number of imidazole rings is 1. The van der Waals surface area contributed by atoms with Crippen LogP contribution in [0.3, 0.4) is 0 Å². The van der Waals surface area contributed by atoms with Crippen LogP contribution in [0.15, 0.2) is 30.5 Å². The molecule has 0 bridgehead atoms. The predicted octanol–water partition coefficient (Wildman–Crippen LogP) is 2.50. The molecular weight excluding hydrogens is 278 g/mol. The van der Waals surface area contributed by atoms with Gasteiger partial charge in [0.25, 0.3) is 0 Å². The smallest absolute Gasteiger partial charge is 0.249 e. The molecule has 0 saturated heterocycles. The van der Waals surface area contributed by atoms with Crippen molar-refractivity contribution in [3.8, 4) is 0 Å². The van der Waals surface area contributed by atoms with Gasteiger partial charge in [0.15, 0.2) is 0 Å². The number of benzene rings is 1. The Balaban J connectivity index is 2.30. The summed E-state index contributed by atoms with van der Waals surface area (Å²) in [6, 6.07) is 7.54. The van der Waals surface area contributed by atoms with E-state index in [4.69, 9.17) is 16.8 Å². The summed E-state index contributed by atoms with van der Waals surface area (Å²) < 4.78 is 1.85. The largest absolute Gasteiger partial charge is 0.303 e. The van der Waals surface area contributed by atoms with Crippen LogP contribution < -0.4 is 5.48 Å². The van der Waals surface area contributed by atoms with Crippen LogP contribution >= 0.6 is 11.6 Å². The van der Waals surface area contributed by atoms with Crippen molar-refractivity contribution in [3.63, 3.8) is 0 Å². The number of aryl methyl sites for hydroxylation is 1. The van der Waals surface area contributed by atoms with E-state index in [1.54, 1.807) is 5.48 Å². The van der Waals surface area contributed by atoms with E-state index in [1.807, 2.05) is 41.8 Å². The van der Waals surface area contributed by atoms with Gasteiger partial charge in [0.05, 0.1) is 17.8 Å². The summed E-state index contributed by atoms with van der Waals surface area (Å²) in [4.78, 5) is 15.9. The van der Waals surface area contributed by atoms with Gasteiger partial charge in [-0.3, -0.25) is 10.0 Å². The quantitative estimate of drug-likeness (QED) is 0.563. The fraction of sp³-hybridized carbons (Fsp3) is 0.143. The molecule has 0 radical (unpaired) electrons. The zero-order chi connectivity index (χ0) is 14.3. The molecule has 1 aromatic carbocycles. The van der Waals surface area contributed by atoms with Gasteiger partial charge in [-0.2, -0.15) is 0 Å². The summed E-state index contributed by atoms with van der Waals surface area (Å²) in [6.45, 7) is 1.84.